The van der Waals surface area contributed by atoms with Crippen molar-refractivity contribution in [2.45, 2.75) is 18.7 Å². The van der Waals surface area contributed by atoms with Crippen molar-refractivity contribution in [3.05, 3.63) is 82.3 Å². The van der Waals surface area contributed by atoms with E-state index in [1.807, 2.05) is 13.8 Å². The number of nitrogens with zero attached hydrogens (tertiary/aromatic N) is 1. The highest BCUT2D eigenvalue weighted by Gasteiger charge is 2.27. The Hall–Kier alpha value is -2.74. The molecular formula is C23H22Cl2N2O4S. The third-order valence-corrected chi connectivity index (χ3v) is 6.89. The van der Waals surface area contributed by atoms with Crippen LogP contribution in [0.5, 0.6) is 5.75 Å². The van der Waals surface area contributed by atoms with E-state index >= 15 is 0 Å². The highest BCUT2D eigenvalue weighted by atomic mass is 35.5. The van der Waals surface area contributed by atoms with Gasteiger partial charge in [-0.1, -0.05) is 40.9 Å². The highest BCUT2D eigenvalue weighted by molar-refractivity contribution is 7.92. The predicted octanol–water partition coefficient (Wildman–Crippen LogP) is 5.53. The minimum absolute atomic E-state index is 0.0371. The van der Waals surface area contributed by atoms with Gasteiger partial charge in [-0.25, -0.2) is 8.42 Å². The van der Waals surface area contributed by atoms with Crippen molar-refractivity contribution in [1.29, 1.82) is 0 Å². The maximum Gasteiger partial charge on any atom is 0.264 e. The molecule has 32 heavy (non-hydrogen) atoms. The van der Waals surface area contributed by atoms with Crippen LogP contribution in [0.25, 0.3) is 0 Å². The fourth-order valence-electron chi connectivity index (χ4n) is 2.94. The Kier molecular flexibility index (Phi) is 7.66. The molecule has 3 rings (SSSR count). The van der Waals surface area contributed by atoms with Crippen LogP contribution in [0, 0.1) is 6.92 Å². The fraction of sp³-hybridized carbons (Fsp3) is 0.174. The summed E-state index contributed by atoms with van der Waals surface area (Å²) in [7, 11) is -4.05. The van der Waals surface area contributed by atoms with Crippen molar-refractivity contribution in [3.63, 3.8) is 0 Å². The highest BCUT2D eigenvalue weighted by Crippen LogP contribution is 2.28. The van der Waals surface area contributed by atoms with E-state index in [0.29, 0.717) is 33.8 Å². The van der Waals surface area contributed by atoms with Gasteiger partial charge in [0.2, 0.25) is 5.91 Å². The van der Waals surface area contributed by atoms with Crippen molar-refractivity contribution in [1.82, 2.24) is 0 Å². The van der Waals surface area contributed by atoms with Gasteiger partial charge in [0.25, 0.3) is 10.0 Å². The van der Waals surface area contributed by atoms with Gasteiger partial charge in [0.05, 0.1) is 27.9 Å². The second-order valence-corrected chi connectivity index (χ2v) is 9.63. The molecule has 0 fully saturated rings. The molecule has 1 amide bonds. The van der Waals surface area contributed by atoms with Crippen LogP contribution in [0.3, 0.4) is 0 Å². The average molecular weight is 493 g/mol. The SMILES string of the molecule is CCOc1ccc(S(=O)(=O)N(CC(=O)Nc2cc(Cl)ccc2Cl)c2ccc(C)cc2)cc1. The first-order valence-electron chi connectivity index (χ1n) is 9.78. The number of hydrogen-bond donors (Lipinski definition) is 1. The minimum Gasteiger partial charge on any atom is -0.494 e. The molecular weight excluding hydrogens is 471 g/mol. The second kappa shape index (κ2) is 10.3. The summed E-state index contributed by atoms with van der Waals surface area (Å²) >= 11 is 12.1. The average Bonchev–Trinajstić information content (AvgIpc) is 2.76. The fourth-order valence-corrected chi connectivity index (χ4v) is 4.70. The van der Waals surface area contributed by atoms with E-state index in [1.165, 1.54) is 18.2 Å². The van der Waals surface area contributed by atoms with Crippen molar-refractivity contribution in [2.24, 2.45) is 0 Å². The van der Waals surface area contributed by atoms with Crippen LogP contribution in [-0.4, -0.2) is 27.5 Å². The van der Waals surface area contributed by atoms with Gasteiger partial charge in [-0.3, -0.25) is 9.10 Å². The molecule has 0 unspecified atom stereocenters. The Bertz CT molecular complexity index is 1200. The lowest BCUT2D eigenvalue weighted by molar-refractivity contribution is -0.114. The molecule has 0 aliphatic rings. The normalized spacial score (nSPS) is 11.1. The predicted molar refractivity (Wildman–Crippen MR) is 128 cm³/mol. The molecule has 9 heteroatoms. The van der Waals surface area contributed by atoms with Gasteiger partial charge in [0.1, 0.15) is 12.3 Å². The standard InChI is InChI=1S/C23H22Cl2N2O4S/c1-3-31-19-9-11-20(12-10-19)32(29,30)27(18-7-4-16(2)5-8-18)15-23(28)26-22-14-17(24)6-13-21(22)25/h4-14H,3,15H2,1-2H3,(H,26,28). The molecule has 0 bridgehead atoms. The Morgan fingerprint density at radius 2 is 1.66 bits per heavy atom. The maximum absolute atomic E-state index is 13.5. The number of rotatable bonds is 8. The van der Waals surface area contributed by atoms with Crippen LogP contribution in [-0.2, 0) is 14.8 Å². The number of aryl methyl sites for hydroxylation is 1. The number of ether oxygens (including phenoxy) is 1. The third kappa shape index (κ3) is 5.73. The molecule has 1 N–H and O–H groups in total. The number of halogens is 2. The van der Waals surface area contributed by atoms with Crippen molar-refractivity contribution >= 4 is 50.5 Å². The number of hydrogen-bond acceptors (Lipinski definition) is 4. The van der Waals surface area contributed by atoms with Crippen LogP contribution < -0.4 is 14.4 Å². The van der Waals surface area contributed by atoms with Crippen LogP contribution in [0.2, 0.25) is 10.0 Å². The summed E-state index contributed by atoms with van der Waals surface area (Å²) < 4.78 is 33.3. The molecule has 6 nitrogen and oxygen atoms in total. The van der Waals surface area contributed by atoms with E-state index in [2.05, 4.69) is 5.32 Å². The van der Waals surface area contributed by atoms with Crippen molar-refractivity contribution < 1.29 is 17.9 Å². The number of sulfonamides is 1. The summed E-state index contributed by atoms with van der Waals surface area (Å²) in [5.74, 6) is -0.00840. The summed E-state index contributed by atoms with van der Waals surface area (Å²) in [6.45, 7) is 3.74. The summed E-state index contributed by atoms with van der Waals surface area (Å²) in [6.07, 6.45) is 0. The zero-order chi connectivity index (χ0) is 23.3. The first kappa shape index (κ1) is 23.9. The molecule has 0 spiro atoms. The van der Waals surface area contributed by atoms with E-state index in [-0.39, 0.29) is 4.90 Å². The van der Waals surface area contributed by atoms with Crippen LogP contribution in [0.4, 0.5) is 11.4 Å². The summed E-state index contributed by atoms with van der Waals surface area (Å²) in [5, 5.41) is 3.31. The maximum atomic E-state index is 13.5. The Morgan fingerprint density at radius 1 is 1.00 bits per heavy atom. The number of nitrogens with one attached hydrogen (secondary N) is 1. The second-order valence-electron chi connectivity index (χ2n) is 6.92. The largest absolute Gasteiger partial charge is 0.494 e. The minimum atomic E-state index is -4.05. The molecule has 0 saturated heterocycles. The first-order chi connectivity index (χ1) is 15.2. The lowest BCUT2D eigenvalue weighted by Crippen LogP contribution is -2.38. The smallest absolute Gasteiger partial charge is 0.264 e. The van der Waals surface area contributed by atoms with Crippen LogP contribution in [0.1, 0.15) is 12.5 Å². The number of carbonyl (C=O) groups excluding carboxylic acids is 1. The molecule has 3 aromatic rings. The topological polar surface area (TPSA) is 75.7 Å². The van der Waals surface area contributed by atoms with E-state index in [0.717, 1.165) is 9.87 Å². The van der Waals surface area contributed by atoms with Crippen molar-refractivity contribution in [2.75, 3.05) is 22.8 Å². The Labute approximate surface area is 197 Å². The molecule has 0 atom stereocenters. The molecule has 3 aromatic carbocycles. The van der Waals surface area contributed by atoms with Gasteiger partial charge in [-0.05, 0) is 68.4 Å². The zero-order valence-electron chi connectivity index (χ0n) is 17.5. The number of benzene rings is 3. The summed E-state index contributed by atoms with van der Waals surface area (Å²) in [6, 6.07) is 17.6. The van der Waals surface area contributed by atoms with Gasteiger partial charge in [-0.2, -0.15) is 0 Å². The third-order valence-electron chi connectivity index (χ3n) is 4.53. The number of amides is 1. The van der Waals surface area contributed by atoms with Gasteiger partial charge in [-0.15, -0.1) is 0 Å². The quantitative estimate of drug-likeness (QED) is 0.448. The Balaban J connectivity index is 1.93. The lowest BCUT2D eigenvalue weighted by atomic mass is 10.2. The molecule has 0 saturated carbocycles. The van der Waals surface area contributed by atoms with E-state index < -0.39 is 22.5 Å². The van der Waals surface area contributed by atoms with Gasteiger partial charge in [0, 0.05) is 5.02 Å². The number of carbonyl (C=O) groups is 1. The Morgan fingerprint density at radius 3 is 2.28 bits per heavy atom. The van der Waals surface area contributed by atoms with Crippen molar-refractivity contribution in [3.8, 4) is 5.75 Å². The van der Waals surface area contributed by atoms with E-state index in [9.17, 15) is 13.2 Å². The van der Waals surface area contributed by atoms with Crippen LogP contribution in [0.15, 0.2) is 71.6 Å². The molecule has 0 aromatic heterocycles. The molecule has 0 aliphatic carbocycles. The van der Waals surface area contributed by atoms with Crippen LogP contribution >= 0.6 is 23.2 Å². The van der Waals surface area contributed by atoms with Gasteiger partial charge < -0.3 is 10.1 Å². The van der Waals surface area contributed by atoms with E-state index in [1.54, 1.807) is 48.5 Å². The number of anilines is 2. The summed E-state index contributed by atoms with van der Waals surface area (Å²) in [5.41, 5.74) is 1.62. The lowest BCUT2D eigenvalue weighted by Gasteiger charge is -2.24. The summed E-state index contributed by atoms with van der Waals surface area (Å²) in [4.78, 5) is 12.8. The monoisotopic (exact) mass is 492 g/mol. The van der Waals surface area contributed by atoms with Gasteiger partial charge >= 0.3 is 0 Å². The molecule has 0 radical (unpaired) electrons. The molecule has 0 aliphatic heterocycles. The zero-order valence-corrected chi connectivity index (χ0v) is 19.8. The molecule has 168 valence electrons. The van der Waals surface area contributed by atoms with Gasteiger partial charge in [0.15, 0.2) is 0 Å². The molecule has 0 heterocycles. The van der Waals surface area contributed by atoms with E-state index in [4.69, 9.17) is 27.9 Å². The first-order valence-corrected chi connectivity index (χ1v) is 12.0.